The highest BCUT2D eigenvalue weighted by atomic mass is 16.5. The number of nitrogens with two attached hydrogens (primary N) is 1. The molecule has 1 saturated carbocycles. The molecular weight excluding hydrogens is 368 g/mol. The van der Waals surface area contributed by atoms with Crippen molar-refractivity contribution in [3.05, 3.63) is 41.6 Å². The summed E-state index contributed by atoms with van der Waals surface area (Å²) in [7, 11) is 3.41. The van der Waals surface area contributed by atoms with Gasteiger partial charge in [0.15, 0.2) is 5.82 Å². The highest BCUT2D eigenvalue weighted by Crippen LogP contribution is 2.28. The minimum atomic E-state index is -0.278. The van der Waals surface area contributed by atoms with Crippen LogP contribution in [0.1, 0.15) is 42.1 Å². The lowest BCUT2D eigenvalue weighted by molar-refractivity contribution is 0.0917. The summed E-state index contributed by atoms with van der Waals surface area (Å²) in [6, 6.07) is 6.85. The van der Waals surface area contributed by atoms with Crippen molar-refractivity contribution in [1.29, 1.82) is 0 Å². The molecule has 7 heteroatoms. The number of aryl methyl sites for hydroxylation is 1. The summed E-state index contributed by atoms with van der Waals surface area (Å²) in [6.07, 6.45) is 5.09. The van der Waals surface area contributed by atoms with Crippen LogP contribution in [0.4, 0.5) is 5.82 Å². The van der Waals surface area contributed by atoms with Gasteiger partial charge in [-0.2, -0.15) is 5.10 Å². The molecule has 1 aromatic carbocycles. The Balaban J connectivity index is 1.83. The molecule has 3 rings (SSSR count). The van der Waals surface area contributed by atoms with Gasteiger partial charge in [-0.25, -0.2) is 0 Å². The zero-order valence-corrected chi connectivity index (χ0v) is 17.1. The fourth-order valence-corrected chi connectivity index (χ4v) is 3.13. The molecule has 154 valence electrons. The fourth-order valence-electron chi connectivity index (χ4n) is 3.13. The van der Waals surface area contributed by atoms with Crippen molar-refractivity contribution in [2.24, 2.45) is 18.7 Å². The Morgan fingerprint density at radius 3 is 2.83 bits per heavy atom. The number of methoxy groups -OCH3 is 1. The van der Waals surface area contributed by atoms with Gasteiger partial charge >= 0.3 is 0 Å². The third kappa shape index (κ3) is 5.83. The number of rotatable bonds is 7. The average molecular weight is 396 g/mol. The Morgan fingerprint density at radius 2 is 2.21 bits per heavy atom. The standard InChI is InChI=1S/C22H28N4O3/c1-15(14-28-3)29-19-12-16(7-8-20(23)17-5-4-6-17)11-18(13-19)22(27)24-21-9-10-26(2)25-21/h9-13,15,17,20H,4-6,14,23H2,1-3H3,(H,24,25,27)/t15-,20?/m0/s1. The number of benzene rings is 1. The summed E-state index contributed by atoms with van der Waals surface area (Å²) in [5.41, 5.74) is 7.31. The lowest BCUT2D eigenvalue weighted by atomic mass is 9.80. The SMILES string of the molecule is COC[C@H](C)Oc1cc(C#CC(N)C2CCC2)cc(C(=O)Nc2ccn(C)n2)c1. The lowest BCUT2D eigenvalue weighted by Gasteiger charge is -2.27. The molecule has 1 amide bonds. The number of aromatic nitrogens is 2. The smallest absolute Gasteiger partial charge is 0.257 e. The zero-order valence-electron chi connectivity index (χ0n) is 17.1. The Morgan fingerprint density at radius 1 is 1.41 bits per heavy atom. The van der Waals surface area contributed by atoms with Crippen molar-refractivity contribution >= 4 is 11.7 Å². The van der Waals surface area contributed by atoms with Crippen LogP contribution in [-0.2, 0) is 11.8 Å². The number of carbonyl (C=O) groups is 1. The van der Waals surface area contributed by atoms with E-state index in [1.165, 1.54) is 6.42 Å². The normalized spacial score (nSPS) is 15.6. The minimum Gasteiger partial charge on any atom is -0.488 e. The summed E-state index contributed by atoms with van der Waals surface area (Å²) < 4.78 is 12.7. The van der Waals surface area contributed by atoms with Gasteiger partial charge in [0.05, 0.1) is 12.6 Å². The predicted molar refractivity (Wildman–Crippen MR) is 112 cm³/mol. The van der Waals surface area contributed by atoms with Crippen molar-refractivity contribution in [2.45, 2.75) is 38.3 Å². The molecule has 2 atom stereocenters. The van der Waals surface area contributed by atoms with Gasteiger partial charge in [0.25, 0.3) is 5.91 Å². The molecule has 1 unspecified atom stereocenters. The Hall–Kier alpha value is -2.82. The van der Waals surface area contributed by atoms with Crippen LogP contribution in [0.15, 0.2) is 30.5 Å². The molecule has 1 aliphatic carbocycles. The highest BCUT2D eigenvalue weighted by molar-refractivity contribution is 6.04. The fraction of sp³-hybridized carbons (Fsp3) is 0.455. The van der Waals surface area contributed by atoms with Gasteiger partial charge in [-0.05, 0) is 43.9 Å². The molecule has 1 aromatic heterocycles. The van der Waals surface area contributed by atoms with E-state index in [9.17, 15) is 4.79 Å². The first-order valence-corrected chi connectivity index (χ1v) is 9.83. The quantitative estimate of drug-likeness (QED) is 0.702. The maximum Gasteiger partial charge on any atom is 0.257 e. The van der Waals surface area contributed by atoms with Crippen molar-refractivity contribution in [3.8, 4) is 17.6 Å². The van der Waals surface area contributed by atoms with Crippen LogP contribution in [0, 0.1) is 17.8 Å². The number of nitrogens with one attached hydrogen (secondary N) is 1. The van der Waals surface area contributed by atoms with Crippen LogP contribution in [0.5, 0.6) is 5.75 Å². The number of hydrogen-bond acceptors (Lipinski definition) is 5. The molecule has 29 heavy (non-hydrogen) atoms. The van der Waals surface area contributed by atoms with E-state index < -0.39 is 0 Å². The van der Waals surface area contributed by atoms with E-state index in [-0.39, 0.29) is 18.1 Å². The predicted octanol–water partition coefficient (Wildman–Crippen LogP) is 2.57. The Kier molecular flexibility index (Phi) is 6.91. The van der Waals surface area contributed by atoms with Gasteiger partial charge in [0.2, 0.25) is 0 Å². The van der Waals surface area contributed by atoms with E-state index in [0.29, 0.717) is 35.2 Å². The largest absolute Gasteiger partial charge is 0.488 e. The van der Waals surface area contributed by atoms with Gasteiger partial charge in [0, 0.05) is 37.5 Å². The minimum absolute atomic E-state index is 0.147. The maximum atomic E-state index is 12.7. The third-order valence-corrected chi connectivity index (χ3v) is 4.90. The maximum absolute atomic E-state index is 12.7. The third-order valence-electron chi connectivity index (χ3n) is 4.90. The van der Waals surface area contributed by atoms with E-state index >= 15 is 0 Å². The number of hydrogen-bond donors (Lipinski definition) is 2. The summed E-state index contributed by atoms with van der Waals surface area (Å²) in [5.74, 6) is 7.48. The van der Waals surface area contributed by atoms with Crippen LogP contribution >= 0.6 is 0 Å². The van der Waals surface area contributed by atoms with E-state index in [1.807, 2.05) is 13.0 Å². The average Bonchev–Trinajstić information content (AvgIpc) is 3.03. The van der Waals surface area contributed by atoms with E-state index in [0.717, 1.165) is 12.8 Å². The van der Waals surface area contributed by atoms with E-state index in [1.54, 1.807) is 43.2 Å². The van der Waals surface area contributed by atoms with Crippen molar-refractivity contribution < 1.29 is 14.3 Å². The molecule has 0 bridgehead atoms. The first-order chi connectivity index (χ1) is 13.9. The van der Waals surface area contributed by atoms with E-state index in [2.05, 4.69) is 22.3 Å². The first kappa shape index (κ1) is 20.9. The van der Waals surface area contributed by atoms with Gasteiger partial charge < -0.3 is 20.5 Å². The second-order valence-corrected chi connectivity index (χ2v) is 7.44. The molecule has 0 saturated heterocycles. The number of nitrogens with zero attached hydrogens (tertiary/aromatic N) is 2. The monoisotopic (exact) mass is 396 g/mol. The summed E-state index contributed by atoms with van der Waals surface area (Å²) in [4.78, 5) is 12.7. The molecule has 1 fully saturated rings. The molecule has 2 aromatic rings. The van der Waals surface area contributed by atoms with Gasteiger partial charge in [-0.15, -0.1) is 0 Å². The highest BCUT2D eigenvalue weighted by Gasteiger charge is 2.22. The second kappa shape index (κ2) is 9.59. The molecule has 0 spiro atoms. The van der Waals surface area contributed by atoms with Gasteiger partial charge in [0.1, 0.15) is 11.9 Å². The second-order valence-electron chi connectivity index (χ2n) is 7.44. The summed E-state index contributed by atoms with van der Waals surface area (Å²) in [6.45, 7) is 2.35. The summed E-state index contributed by atoms with van der Waals surface area (Å²) in [5, 5.41) is 6.97. The molecule has 0 radical (unpaired) electrons. The zero-order chi connectivity index (χ0) is 20.8. The first-order valence-electron chi connectivity index (χ1n) is 9.83. The number of anilines is 1. The topological polar surface area (TPSA) is 91.4 Å². The van der Waals surface area contributed by atoms with Crippen LogP contribution in [0.2, 0.25) is 0 Å². The van der Waals surface area contributed by atoms with E-state index in [4.69, 9.17) is 15.2 Å². The van der Waals surface area contributed by atoms with Crippen molar-refractivity contribution in [2.75, 3.05) is 19.0 Å². The number of carbonyl (C=O) groups excluding carboxylic acids is 1. The molecule has 1 heterocycles. The van der Waals surface area contributed by atoms with Crippen LogP contribution < -0.4 is 15.8 Å². The molecular formula is C22H28N4O3. The lowest BCUT2D eigenvalue weighted by Crippen LogP contribution is -2.33. The Labute approximate surface area is 171 Å². The van der Waals surface area contributed by atoms with Crippen LogP contribution in [-0.4, -0.2) is 41.6 Å². The summed E-state index contributed by atoms with van der Waals surface area (Å²) >= 11 is 0. The van der Waals surface area contributed by atoms with Crippen LogP contribution in [0.25, 0.3) is 0 Å². The Bertz CT molecular complexity index is 908. The van der Waals surface area contributed by atoms with Gasteiger partial charge in [-0.3, -0.25) is 9.48 Å². The van der Waals surface area contributed by atoms with Crippen molar-refractivity contribution in [3.63, 3.8) is 0 Å². The van der Waals surface area contributed by atoms with Crippen molar-refractivity contribution in [1.82, 2.24) is 9.78 Å². The molecule has 1 aliphatic rings. The van der Waals surface area contributed by atoms with Crippen LogP contribution in [0.3, 0.4) is 0 Å². The number of ether oxygens (including phenoxy) is 2. The molecule has 7 nitrogen and oxygen atoms in total. The molecule has 0 aliphatic heterocycles. The van der Waals surface area contributed by atoms with Gasteiger partial charge in [-0.1, -0.05) is 18.3 Å². The molecule has 3 N–H and O–H groups in total. The number of amides is 1.